The van der Waals surface area contributed by atoms with Crippen molar-refractivity contribution >= 4 is 0 Å². The van der Waals surface area contributed by atoms with Gasteiger partial charge in [0.05, 0.1) is 11.4 Å². The molecule has 54 heavy (non-hydrogen) atoms. The van der Waals surface area contributed by atoms with Crippen LogP contribution in [0.5, 0.6) is 0 Å². The molecule has 0 N–H and O–H groups in total. The monoisotopic (exact) mass is 689 g/mol. The molecule has 0 saturated heterocycles. The highest BCUT2D eigenvalue weighted by molar-refractivity contribution is 5.85. The van der Waals surface area contributed by atoms with Gasteiger partial charge < -0.3 is 0 Å². The van der Waals surface area contributed by atoms with Crippen LogP contribution < -0.4 is 0 Å². The van der Waals surface area contributed by atoms with Gasteiger partial charge in [0.25, 0.3) is 0 Å². The fraction of sp³-hybridized carbons (Fsp3) is 0. The molecule has 0 aliphatic heterocycles. The Hall–Kier alpha value is -7.23. The molecule has 9 rings (SSSR count). The summed E-state index contributed by atoms with van der Waals surface area (Å²) in [6, 6.07) is 70.6. The highest BCUT2D eigenvalue weighted by Crippen LogP contribution is 2.37. The van der Waals surface area contributed by atoms with Gasteiger partial charge in [-0.1, -0.05) is 152 Å². The van der Waals surface area contributed by atoms with Gasteiger partial charge in [0.15, 0.2) is 5.82 Å². The Morgan fingerprint density at radius 1 is 0.241 bits per heavy atom. The van der Waals surface area contributed by atoms with Crippen molar-refractivity contribution in [2.45, 2.75) is 0 Å². The second-order valence-electron chi connectivity index (χ2n) is 13.3. The molecular formula is C51H35N3. The molecule has 0 radical (unpaired) electrons. The Bertz CT molecular complexity index is 2570. The van der Waals surface area contributed by atoms with Crippen LogP contribution in [0, 0.1) is 0 Å². The minimum absolute atomic E-state index is 0.631. The lowest BCUT2D eigenvalue weighted by molar-refractivity contribution is 1.17. The van der Waals surface area contributed by atoms with Gasteiger partial charge in [0.2, 0.25) is 0 Å². The Morgan fingerprint density at radius 3 is 1.11 bits per heavy atom. The Morgan fingerprint density at radius 2 is 0.611 bits per heavy atom. The van der Waals surface area contributed by atoms with Gasteiger partial charge in [-0.15, -0.1) is 0 Å². The number of hydrogen-bond donors (Lipinski definition) is 0. The van der Waals surface area contributed by atoms with Crippen LogP contribution in [0.15, 0.2) is 213 Å². The maximum Gasteiger partial charge on any atom is 0.161 e. The molecule has 0 unspecified atom stereocenters. The molecule has 0 fully saturated rings. The third kappa shape index (κ3) is 6.99. The lowest BCUT2D eigenvalue weighted by Gasteiger charge is -2.14. The normalized spacial score (nSPS) is 11.0. The van der Waals surface area contributed by atoms with Crippen LogP contribution in [-0.2, 0) is 0 Å². The van der Waals surface area contributed by atoms with Crippen molar-refractivity contribution < 1.29 is 0 Å². The maximum atomic E-state index is 5.21. The predicted molar refractivity (Wildman–Crippen MR) is 223 cm³/mol. The molecule has 2 aromatic heterocycles. The number of nitrogens with zero attached hydrogens (tertiary/aromatic N) is 3. The Kier molecular flexibility index (Phi) is 8.94. The highest BCUT2D eigenvalue weighted by Gasteiger charge is 2.15. The van der Waals surface area contributed by atoms with Crippen LogP contribution in [0.3, 0.4) is 0 Å². The SMILES string of the molecule is c1ccc(-c2ccc(-c3cc(-c4cc(-c5cccc(-c6ccccc6)c5)cc(-c5cccc(-c6ccccc6)c5)c4)nc(-c4cccnc4)n3)cc2)cc1. The van der Waals surface area contributed by atoms with Crippen molar-refractivity contribution in [3.63, 3.8) is 0 Å². The largest absolute Gasteiger partial charge is 0.264 e. The minimum atomic E-state index is 0.631. The Labute approximate surface area is 316 Å². The zero-order valence-electron chi connectivity index (χ0n) is 29.5. The van der Waals surface area contributed by atoms with E-state index in [9.17, 15) is 0 Å². The molecule has 3 heteroatoms. The molecule has 0 atom stereocenters. The maximum absolute atomic E-state index is 5.21. The fourth-order valence-electron chi connectivity index (χ4n) is 6.96. The molecule has 0 spiro atoms. The summed E-state index contributed by atoms with van der Waals surface area (Å²) >= 11 is 0. The standard InChI is InChI=1S/C51H35N3/c1-4-13-36(14-5-1)39-24-26-40(27-25-39)49-34-50(54-51(53-49)45-23-12-28-52-35-45)48-32-46(43-21-10-19-41(29-43)37-15-6-2-7-16-37)31-47(33-48)44-22-11-20-42(30-44)38-17-8-3-9-18-38/h1-35H. The van der Waals surface area contributed by atoms with E-state index in [2.05, 4.69) is 187 Å². The van der Waals surface area contributed by atoms with E-state index in [-0.39, 0.29) is 0 Å². The molecule has 3 nitrogen and oxygen atoms in total. The van der Waals surface area contributed by atoms with Crippen molar-refractivity contribution in [1.82, 2.24) is 15.0 Å². The third-order valence-electron chi connectivity index (χ3n) is 9.77. The average Bonchev–Trinajstić information content (AvgIpc) is 3.27. The summed E-state index contributed by atoms with van der Waals surface area (Å²) in [5, 5.41) is 0. The summed E-state index contributed by atoms with van der Waals surface area (Å²) in [6.07, 6.45) is 3.60. The summed E-state index contributed by atoms with van der Waals surface area (Å²) in [7, 11) is 0. The molecule has 0 amide bonds. The number of benzene rings is 7. The van der Waals surface area contributed by atoms with Gasteiger partial charge in [-0.05, 0) is 104 Å². The first kappa shape index (κ1) is 32.7. The van der Waals surface area contributed by atoms with Crippen molar-refractivity contribution in [3.05, 3.63) is 213 Å². The lowest BCUT2D eigenvalue weighted by Crippen LogP contribution is -1.97. The molecule has 254 valence electrons. The van der Waals surface area contributed by atoms with Gasteiger partial charge in [-0.3, -0.25) is 4.98 Å². The van der Waals surface area contributed by atoms with E-state index in [1.807, 2.05) is 24.4 Å². The second kappa shape index (κ2) is 14.8. The highest BCUT2D eigenvalue weighted by atomic mass is 14.9. The van der Waals surface area contributed by atoms with Crippen LogP contribution in [0.2, 0.25) is 0 Å². The minimum Gasteiger partial charge on any atom is -0.264 e. The van der Waals surface area contributed by atoms with Gasteiger partial charge >= 0.3 is 0 Å². The van der Waals surface area contributed by atoms with E-state index in [0.717, 1.165) is 55.9 Å². The van der Waals surface area contributed by atoms with Crippen LogP contribution in [0.25, 0.3) is 89.5 Å². The lowest BCUT2D eigenvalue weighted by atomic mass is 9.92. The fourth-order valence-corrected chi connectivity index (χ4v) is 6.96. The number of hydrogen-bond acceptors (Lipinski definition) is 3. The van der Waals surface area contributed by atoms with E-state index < -0.39 is 0 Å². The first-order chi connectivity index (χ1) is 26.7. The number of rotatable bonds is 8. The molecular weight excluding hydrogens is 655 g/mol. The van der Waals surface area contributed by atoms with Crippen LogP contribution >= 0.6 is 0 Å². The van der Waals surface area contributed by atoms with Crippen molar-refractivity contribution in [1.29, 1.82) is 0 Å². The molecule has 0 aliphatic rings. The first-order valence-electron chi connectivity index (χ1n) is 18.2. The van der Waals surface area contributed by atoms with E-state index >= 15 is 0 Å². The van der Waals surface area contributed by atoms with Gasteiger partial charge in [-0.2, -0.15) is 0 Å². The van der Waals surface area contributed by atoms with Crippen LogP contribution in [-0.4, -0.2) is 15.0 Å². The quantitative estimate of drug-likeness (QED) is 0.159. The van der Waals surface area contributed by atoms with Gasteiger partial charge in [0.1, 0.15) is 0 Å². The zero-order valence-corrected chi connectivity index (χ0v) is 29.5. The molecule has 0 aliphatic carbocycles. The molecule has 7 aromatic carbocycles. The average molecular weight is 690 g/mol. The van der Waals surface area contributed by atoms with E-state index in [4.69, 9.17) is 9.97 Å². The topological polar surface area (TPSA) is 38.7 Å². The molecule has 9 aromatic rings. The smallest absolute Gasteiger partial charge is 0.161 e. The van der Waals surface area contributed by atoms with Crippen molar-refractivity contribution in [3.8, 4) is 89.5 Å². The van der Waals surface area contributed by atoms with Crippen molar-refractivity contribution in [2.75, 3.05) is 0 Å². The Balaban J connectivity index is 1.22. The van der Waals surface area contributed by atoms with E-state index in [0.29, 0.717) is 5.82 Å². The van der Waals surface area contributed by atoms with E-state index in [1.54, 1.807) is 6.20 Å². The summed E-state index contributed by atoms with van der Waals surface area (Å²) in [5.41, 5.74) is 16.1. The zero-order chi connectivity index (χ0) is 36.1. The van der Waals surface area contributed by atoms with Crippen molar-refractivity contribution in [2.24, 2.45) is 0 Å². The number of pyridine rings is 1. The van der Waals surface area contributed by atoms with E-state index in [1.165, 1.54) is 27.8 Å². The summed E-state index contributed by atoms with van der Waals surface area (Å²) in [6.45, 7) is 0. The summed E-state index contributed by atoms with van der Waals surface area (Å²) < 4.78 is 0. The molecule has 0 saturated carbocycles. The second-order valence-corrected chi connectivity index (χ2v) is 13.3. The summed E-state index contributed by atoms with van der Waals surface area (Å²) in [4.78, 5) is 14.7. The predicted octanol–water partition coefficient (Wildman–Crippen LogP) is 13.2. The van der Waals surface area contributed by atoms with Gasteiger partial charge in [0, 0.05) is 29.1 Å². The molecule has 2 heterocycles. The van der Waals surface area contributed by atoms with Crippen LogP contribution in [0.4, 0.5) is 0 Å². The van der Waals surface area contributed by atoms with Crippen LogP contribution in [0.1, 0.15) is 0 Å². The molecule has 0 bridgehead atoms. The third-order valence-corrected chi connectivity index (χ3v) is 9.77. The van der Waals surface area contributed by atoms with Gasteiger partial charge in [-0.25, -0.2) is 9.97 Å². The summed E-state index contributed by atoms with van der Waals surface area (Å²) in [5.74, 6) is 0.631. The number of aromatic nitrogens is 3. The first-order valence-corrected chi connectivity index (χ1v) is 18.2.